The minimum absolute atomic E-state index is 0.117. The largest absolute Gasteiger partial charge is 0.493 e. The lowest BCUT2D eigenvalue weighted by molar-refractivity contribution is -0.118. The van der Waals surface area contributed by atoms with Crippen LogP contribution >= 0.6 is 0 Å². The van der Waals surface area contributed by atoms with Gasteiger partial charge in [-0.1, -0.05) is 6.07 Å². The van der Waals surface area contributed by atoms with Gasteiger partial charge in [-0.15, -0.1) is 0 Å². The fraction of sp³-hybridized carbons (Fsp3) is 0.278. The SMILES string of the molecule is COc1cc(C)ccc1OCC(=O)Nc1ccc2c(c1)OCCO2. The van der Waals surface area contributed by atoms with Crippen molar-refractivity contribution in [2.24, 2.45) is 0 Å². The number of nitrogens with one attached hydrogen (secondary N) is 1. The number of benzene rings is 2. The number of anilines is 1. The first-order valence-electron chi connectivity index (χ1n) is 7.62. The third kappa shape index (κ3) is 3.71. The number of hydrogen-bond acceptors (Lipinski definition) is 5. The summed E-state index contributed by atoms with van der Waals surface area (Å²) in [4.78, 5) is 12.1. The van der Waals surface area contributed by atoms with E-state index >= 15 is 0 Å². The van der Waals surface area contributed by atoms with Crippen molar-refractivity contribution in [1.29, 1.82) is 0 Å². The van der Waals surface area contributed by atoms with E-state index in [9.17, 15) is 4.79 Å². The fourth-order valence-corrected chi connectivity index (χ4v) is 2.36. The van der Waals surface area contributed by atoms with Gasteiger partial charge >= 0.3 is 0 Å². The van der Waals surface area contributed by atoms with Gasteiger partial charge in [-0.05, 0) is 36.8 Å². The molecule has 3 rings (SSSR count). The highest BCUT2D eigenvalue weighted by atomic mass is 16.6. The van der Waals surface area contributed by atoms with Gasteiger partial charge < -0.3 is 24.3 Å². The molecule has 1 aliphatic rings. The number of hydrogen-bond donors (Lipinski definition) is 1. The fourth-order valence-electron chi connectivity index (χ4n) is 2.36. The van der Waals surface area contributed by atoms with E-state index in [0.29, 0.717) is 41.9 Å². The highest BCUT2D eigenvalue weighted by molar-refractivity contribution is 5.92. The number of rotatable bonds is 5. The maximum atomic E-state index is 12.1. The Morgan fingerprint density at radius 2 is 1.88 bits per heavy atom. The summed E-state index contributed by atoms with van der Waals surface area (Å²) in [7, 11) is 1.57. The highest BCUT2D eigenvalue weighted by Gasteiger charge is 2.13. The Morgan fingerprint density at radius 1 is 1.08 bits per heavy atom. The van der Waals surface area contributed by atoms with Crippen molar-refractivity contribution in [1.82, 2.24) is 0 Å². The summed E-state index contributed by atoms with van der Waals surface area (Å²) in [5.74, 6) is 2.16. The molecule has 0 unspecified atom stereocenters. The molecule has 1 aliphatic heterocycles. The molecule has 2 aromatic rings. The molecule has 6 heteroatoms. The lowest BCUT2D eigenvalue weighted by Crippen LogP contribution is -2.21. The standard InChI is InChI=1S/C18H19NO5/c1-12-3-5-14(16(9-12)21-2)24-11-18(20)19-13-4-6-15-17(10-13)23-8-7-22-15/h3-6,9-10H,7-8,11H2,1-2H3,(H,19,20). The van der Waals surface area contributed by atoms with Crippen LogP contribution in [0.4, 0.5) is 5.69 Å². The van der Waals surface area contributed by atoms with Crippen LogP contribution in [-0.4, -0.2) is 32.8 Å². The van der Waals surface area contributed by atoms with Crippen molar-refractivity contribution >= 4 is 11.6 Å². The summed E-state index contributed by atoms with van der Waals surface area (Å²) in [5, 5.41) is 2.77. The molecule has 1 N–H and O–H groups in total. The van der Waals surface area contributed by atoms with E-state index in [-0.39, 0.29) is 12.5 Å². The normalized spacial score (nSPS) is 12.4. The van der Waals surface area contributed by atoms with Crippen molar-refractivity contribution in [3.63, 3.8) is 0 Å². The Labute approximate surface area is 140 Å². The first-order chi connectivity index (χ1) is 11.7. The lowest BCUT2D eigenvalue weighted by Gasteiger charge is -2.19. The summed E-state index contributed by atoms with van der Waals surface area (Å²) in [6, 6.07) is 10.8. The summed E-state index contributed by atoms with van der Waals surface area (Å²) in [6.07, 6.45) is 0. The van der Waals surface area contributed by atoms with Crippen LogP contribution in [-0.2, 0) is 4.79 Å². The second-order valence-electron chi connectivity index (χ2n) is 5.35. The van der Waals surface area contributed by atoms with Crippen LogP contribution in [0.25, 0.3) is 0 Å². The number of methoxy groups -OCH3 is 1. The Balaban J connectivity index is 1.60. The summed E-state index contributed by atoms with van der Waals surface area (Å²) in [6.45, 7) is 2.88. The quantitative estimate of drug-likeness (QED) is 0.914. The molecule has 0 spiro atoms. The smallest absolute Gasteiger partial charge is 0.262 e. The zero-order valence-corrected chi connectivity index (χ0v) is 13.6. The highest BCUT2D eigenvalue weighted by Crippen LogP contribution is 2.32. The van der Waals surface area contributed by atoms with Crippen molar-refractivity contribution < 1.29 is 23.7 Å². The molecule has 0 fully saturated rings. The molecule has 126 valence electrons. The summed E-state index contributed by atoms with van der Waals surface area (Å²) >= 11 is 0. The van der Waals surface area contributed by atoms with Gasteiger partial charge in [-0.25, -0.2) is 0 Å². The molecule has 0 saturated carbocycles. The second-order valence-corrected chi connectivity index (χ2v) is 5.35. The predicted molar refractivity (Wildman–Crippen MR) is 89.3 cm³/mol. The van der Waals surface area contributed by atoms with E-state index in [1.165, 1.54) is 0 Å². The second kappa shape index (κ2) is 7.12. The number of fused-ring (bicyclic) bond motifs is 1. The molecule has 0 aliphatic carbocycles. The van der Waals surface area contributed by atoms with Gasteiger partial charge in [0.1, 0.15) is 13.2 Å². The van der Waals surface area contributed by atoms with Crippen molar-refractivity contribution in [2.75, 3.05) is 32.2 Å². The number of amides is 1. The number of carbonyl (C=O) groups excluding carboxylic acids is 1. The molecule has 24 heavy (non-hydrogen) atoms. The van der Waals surface area contributed by atoms with Crippen LogP contribution in [0.1, 0.15) is 5.56 Å². The molecular formula is C18H19NO5. The minimum Gasteiger partial charge on any atom is -0.493 e. The number of aryl methyl sites for hydroxylation is 1. The van der Waals surface area contributed by atoms with E-state index in [1.54, 1.807) is 31.4 Å². The topological polar surface area (TPSA) is 66.0 Å². The average Bonchev–Trinajstić information content (AvgIpc) is 2.60. The average molecular weight is 329 g/mol. The summed E-state index contributed by atoms with van der Waals surface area (Å²) in [5.41, 5.74) is 1.68. The molecule has 6 nitrogen and oxygen atoms in total. The lowest BCUT2D eigenvalue weighted by atomic mass is 10.2. The monoisotopic (exact) mass is 329 g/mol. The molecular weight excluding hydrogens is 310 g/mol. The molecule has 0 aromatic heterocycles. The van der Waals surface area contributed by atoms with Crippen LogP contribution in [0.15, 0.2) is 36.4 Å². The van der Waals surface area contributed by atoms with Gasteiger partial charge in [0, 0.05) is 11.8 Å². The van der Waals surface area contributed by atoms with Gasteiger partial charge in [0.15, 0.2) is 29.6 Å². The van der Waals surface area contributed by atoms with Crippen molar-refractivity contribution in [3.05, 3.63) is 42.0 Å². The maximum absolute atomic E-state index is 12.1. The van der Waals surface area contributed by atoms with Gasteiger partial charge in [-0.2, -0.15) is 0 Å². The number of ether oxygens (including phenoxy) is 4. The molecule has 1 heterocycles. The van der Waals surface area contributed by atoms with Crippen molar-refractivity contribution in [3.8, 4) is 23.0 Å². The molecule has 0 bridgehead atoms. The first kappa shape index (κ1) is 16.0. The maximum Gasteiger partial charge on any atom is 0.262 e. The third-order valence-corrected chi connectivity index (χ3v) is 3.50. The van der Waals surface area contributed by atoms with E-state index in [0.717, 1.165) is 5.56 Å². The van der Waals surface area contributed by atoms with Crippen LogP contribution in [0.2, 0.25) is 0 Å². The van der Waals surface area contributed by atoms with Crippen LogP contribution in [0.5, 0.6) is 23.0 Å². The zero-order chi connectivity index (χ0) is 16.9. The van der Waals surface area contributed by atoms with Gasteiger partial charge in [0.05, 0.1) is 7.11 Å². The predicted octanol–water partition coefficient (Wildman–Crippen LogP) is 2.79. The minimum atomic E-state index is -0.269. The Morgan fingerprint density at radius 3 is 2.67 bits per heavy atom. The first-order valence-corrected chi connectivity index (χ1v) is 7.62. The van der Waals surface area contributed by atoms with Crippen LogP contribution < -0.4 is 24.3 Å². The Hall–Kier alpha value is -2.89. The van der Waals surface area contributed by atoms with Gasteiger partial charge in [0.2, 0.25) is 0 Å². The molecule has 0 radical (unpaired) electrons. The Bertz CT molecular complexity index is 744. The molecule has 1 amide bonds. The molecule has 2 aromatic carbocycles. The van der Waals surface area contributed by atoms with E-state index in [1.807, 2.05) is 19.1 Å². The summed E-state index contributed by atoms with van der Waals surface area (Å²) < 4.78 is 21.7. The van der Waals surface area contributed by atoms with E-state index < -0.39 is 0 Å². The van der Waals surface area contributed by atoms with E-state index in [2.05, 4.69) is 5.32 Å². The van der Waals surface area contributed by atoms with Crippen LogP contribution in [0.3, 0.4) is 0 Å². The van der Waals surface area contributed by atoms with E-state index in [4.69, 9.17) is 18.9 Å². The zero-order valence-electron chi connectivity index (χ0n) is 13.6. The number of carbonyl (C=O) groups is 1. The Kier molecular flexibility index (Phi) is 4.74. The van der Waals surface area contributed by atoms with Gasteiger partial charge in [0.25, 0.3) is 5.91 Å². The van der Waals surface area contributed by atoms with Crippen LogP contribution in [0, 0.1) is 6.92 Å². The van der Waals surface area contributed by atoms with Gasteiger partial charge in [-0.3, -0.25) is 4.79 Å². The van der Waals surface area contributed by atoms with Crippen molar-refractivity contribution in [2.45, 2.75) is 6.92 Å². The third-order valence-electron chi connectivity index (χ3n) is 3.50. The molecule has 0 atom stereocenters. The molecule has 0 saturated heterocycles.